The second kappa shape index (κ2) is 7.07. The van der Waals surface area contributed by atoms with Gasteiger partial charge < -0.3 is 5.73 Å². The van der Waals surface area contributed by atoms with Crippen LogP contribution in [-0.2, 0) is 0 Å². The van der Waals surface area contributed by atoms with Crippen molar-refractivity contribution in [3.05, 3.63) is 0 Å². The van der Waals surface area contributed by atoms with Crippen LogP contribution in [0, 0.1) is 5.41 Å². The lowest BCUT2D eigenvalue weighted by Crippen LogP contribution is -2.08. The zero-order valence-electron chi connectivity index (χ0n) is 8.20. The molecule has 1 heteroatoms. The summed E-state index contributed by atoms with van der Waals surface area (Å²) in [6, 6.07) is 0. The Bertz CT molecular complexity index is 57.1. The smallest absolute Gasteiger partial charge is 0 e. The van der Waals surface area contributed by atoms with Gasteiger partial charge in [0.15, 0.2) is 0 Å². The highest BCUT2D eigenvalue weighted by molar-refractivity contribution is 4.60. The van der Waals surface area contributed by atoms with E-state index in [0.29, 0.717) is 5.41 Å². The summed E-state index contributed by atoms with van der Waals surface area (Å²) in [6.45, 7) is 11.5. The molecule has 0 aliphatic heterocycles. The van der Waals surface area contributed by atoms with Crippen LogP contribution in [0.15, 0.2) is 0 Å². The maximum absolute atomic E-state index is 5.34. The highest BCUT2D eigenvalue weighted by Gasteiger charge is 2.07. The lowest BCUT2D eigenvalue weighted by Gasteiger charge is -2.16. The summed E-state index contributed by atoms with van der Waals surface area (Å²) >= 11 is 0. The van der Waals surface area contributed by atoms with Crippen LogP contribution in [-0.4, -0.2) is 6.54 Å². The van der Waals surface area contributed by atoms with Crippen LogP contribution in [0.4, 0.5) is 0 Å². The standard InChI is InChI=1S/C7H17N.C2H6.H2/c1-7(2,3)5-4-6-8;1-2;/h4-6,8H2,1-3H3;1-2H3;1H. The highest BCUT2D eigenvalue weighted by Crippen LogP contribution is 2.19. The Balaban J connectivity index is -0.000000196. The van der Waals surface area contributed by atoms with Crippen molar-refractivity contribution in [1.82, 2.24) is 0 Å². The molecule has 1 nitrogen and oxygen atoms in total. The highest BCUT2D eigenvalue weighted by atomic mass is 14.5. The monoisotopic (exact) mass is 147 g/mol. The average molecular weight is 147 g/mol. The van der Waals surface area contributed by atoms with E-state index in [1.807, 2.05) is 13.8 Å². The molecule has 0 aliphatic carbocycles. The zero-order valence-corrected chi connectivity index (χ0v) is 8.20. The second-order valence-corrected chi connectivity index (χ2v) is 3.45. The molecular weight excluding hydrogens is 122 g/mol. The van der Waals surface area contributed by atoms with Gasteiger partial charge in [-0.1, -0.05) is 34.6 Å². The van der Waals surface area contributed by atoms with Crippen molar-refractivity contribution in [2.24, 2.45) is 11.1 Å². The molecule has 0 saturated carbocycles. The van der Waals surface area contributed by atoms with Gasteiger partial charge in [-0.3, -0.25) is 0 Å². The van der Waals surface area contributed by atoms with Gasteiger partial charge in [-0.05, 0) is 24.8 Å². The van der Waals surface area contributed by atoms with Gasteiger partial charge in [0.2, 0.25) is 0 Å². The number of hydrogen-bond donors (Lipinski definition) is 1. The molecule has 0 fully saturated rings. The molecule has 10 heavy (non-hydrogen) atoms. The normalized spacial score (nSPS) is 10.2. The van der Waals surface area contributed by atoms with Crippen molar-refractivity contribution in [3.8, 4) is 0 Å². The Morgan fingerprint density at radius 1 is 1.20 bits per heavy atom. The molecule has 2 N–H and O–H groups in total. The Labute approximate surface area is 67.5 Å². The summed E-state index contributed by atoms with van der Waals surface area (Å²) in [5.41, 5.74) is 5.81. The first-order valence-electron chi connectivity index (χ1n) is 4.26. The molecule has 0 heterocycles. The summed E-state index contributed by atoms with van der Waals surface area (Å²) in [6.07, 6.45) is 2.40. The molecule has 0 aromatic heterocycles. The van der Waals surface area contributed by atoms with Gasteiger partial charge in [-0.2, -0.15) is 0 Å². The first-order chi connectivity index (χ1) is 4.56. The quantitative estimate of drug-likeness (QED) is 0.638. The fourth-order valence-electron chi connectivity index (χ4n) is 0.632. The largest absolute Gasteiger partial charge is 0.330 e. The molecular formula is C9H25N. The van der Waals surface area contributed by atoms with Gasteiger partial charge in [0.1, 0.15) is 0 Å². The second-order valence-electron chi connectivity index (χ2n) is 3.45. The summed E-state index contributed by atoms with van der Waals surface area (Å²) in [5, 5.41) is 0. The molecule has 0 aliphatic rings. The van der Waals surface area contributed by atoms with Gasteiger partial charge in [0.05, 0.1) is 0 Å². The predicted molar refractivity (Wildman–Crippen MR) is 51.2 cm³/mol. The lowest BCUT2D eigenvalue weighted by molar-refractivity contribution is 0.368. The van der Waals surface area contributed by atoms with E-state index in [4.69, 9.17) is 5.73 Å². The van der Waals surface area contributed by atoms with E-state index in [-0.39, 0.29) is 1.43 Å². The van der Waals surface area contributed by atoms with E-state index in [9.17, 15) is 0 Å². The molecule has 0 aromatic rings. The summed E-state index contributed by atoms with van der Waals surface area (Å²) in [4.78, 5) is 0. The van der Waals surface area contributed by atoms with Gasteiger partial charge in [-0.15, -0.1) is 0 Å². The van der Waals surface area contributed by atoms with Crippen LogP contribution in [0.2, 0.25) is 0 Å². The summed E-state index contributed by atoms with van der Waals surface area (Å²) in [5.74, 6) is 0. The molecule has 0 saturated heterocycles. The van der Waals surface area contributed by atoms with Crippen molar-refractivity contribution in [1.29, 1.82) is 0 Å². The Hall–Kier alpha value is -0.0400. The molecule has 0 atom stereocenters. The summed E-state index contributed by atoms with van der Waals surface area (Å²) in [7, 11) is 0. The van der Waals surface area contributed by atoms with E-state index in [2.05, 4.69) is 20.8 Å². The lowest BCUT2D eigenvalue weighted by atomic mass is 9.91. The third-order valence-corrected chi connectivity index (χ3v) is 1.13. The van der Waals surface area contributed by atoms with Crippen molar-refractivity contribution < 1.29 is 1.43 Å². The van der Waals surface area contributed by atoms with Crippen LogP contribution in [0.1, 0.15) is 48.9 Å². The van der Waals surface area contributed by atoms with Crippen LogP contribution < -0.4 is 5.73 Å². The fraction of sp³-hybridized carbons (Fsp3) is 1.00. The Morgan fingerprint density at radius 3 is 1.70 bits per heavy atom. The minimum atomic E-state index is 0. The van der Waals surface area contributed by atoms with Gasteiger partial charge in [-0.25, -0.2) is 0 Å². The van der Waals surface area contributed by atoms with Crippen molar-refractivity contribution in [2.45, 2.75) is 47.5 Å². The minimum Gasteiger partial charge on any atom is -0.330 e. The molecule has 0 aromatic carbocycles. The fourth-order valence-corrected chi connectivity index (χ4v) is 0.632. The molecule has 0 spiro atoms. The van der Waals surface area contributed by atoms with Gasteiger partial charge in [0.25, 0.3) is 0 Å². The minimum absolute atomic E-state index is 0. The van der Waals surface area contributed by atoms with E-state index < -0.39 is 0 Å². The van der Waals surface area contributed by atoms with Crippen LogP contribution in [0.3, 0.4) is 0 Å². The number of rotatable bonds is 2. The van der Waals surface area contributed by atoms with Gasteiger partial charge >= 0.3 is 0 Å². The van der Waals surface area contributed by atoms with Crippen LogP contribution in [0.25, 0.3) is 0 Å². The molecule has 0 amide bonds. The SMILES string of the molecule is CC.CC(C)(C)CCCN.[HH]. The predicted octanol–water partition coefficient (Wildman–Crippen LogP) is 3.04. The van der Waals surface area contributed by atoms with Crippen LogP contribution >= 0.6 is 0 Å². The van der Waals surface area contributed by atoms with E-state index in [0.717, 1.165) is 13.0 Å². The van der Waals surface area contributed by atoms with Crippen molar-refractivity contribution in [3.63, 3.8) is 0 Å². The number of hydrogen-bond acceptors (Lipinski definition) is 1. The van der Waals surface area contributed by atoms with E-state index in [1.165, 1.54) is 6.42 Å². The first kappa shape index (κ1) is 12.6. The average Bonchev–Trinajstić information content (AvgIpc) is 1.87. The molecule has 0 radical (unpaired) electrons. The Morgan fingerprint density at radius 2 is 1.60 bits per heavy atom. The maximum atomic E-state index is 5.34. The van der Waals surface area contributed by atoms with Crippen molar-refractivity contribution in [2.75, 3.05) is 6.54 Å². The molecule has 0 unspecified atom stereocenters. The third-order valence-electron chi connectivity index (χ3n) is 1.13. The Kier molecular flexibility index (Phi) is 8.92. The third kappa shape index (κ3) is 15.7. The summed E-state index contributed by atoms with van der Waals surface area (Å²) < 4.78 is 0. The molecule has 66 valence electrons. The topological polar surface area (TPSA) is 26.0 Å². The van der Waals surface area contributed by atoms with E-state index >= 15 is 0 Å². The van der Waals surface area contributed by atoms with Gasteiger partial charge in [0, 0.05) is 1.43 Å². The zero-order chi connectivity index (χ0) is 8.62. The van der Waals surface area contributed by atoms with Crippen LogP contribution in [0.5, 0.6) is 0 Å². The molecule has 0 rings (SSSR count). The first-order valence-corrected chi connectivity index (χ1v) is 4.26. The maximum Gasteiger partial charge on any atom is 0 e. The number of nitrogens with two attached hydrogens (primary N) is 1. The molecule has 0 bridgehead atoms. The van der Waals surface area contributed by atoms with Crippen molar-refractivity contribution >= 4 is 0 Å². The van der Waals surface area contributed by atoms with E-state index in [1.54, 1.807) is 0 Å².